The number of hydrogen-bond donors (Lipinski definition) is 2. The molecule has 0 bridgehead atoms. The number of aryl methyl sites for hydroxylation is 1. The second kappa shape index (κ2) is 7.52. The van der Waals surface area contributed by atoms with Crippen molar-refractivity contribution in [3.05, 3.63) is 58.0 Å². The van der Waals surface area contributed by atoms with Crippen LogP contribution in [-0.2, 0) is 16.3 Å². The summed E-state index contributed by atoms with van der Waals surface area (Å²) in [6.07, 6.45) is 5.24. The molecule has 1 heterocycles. The van der Waals surface area contributed by atoms with Crippen LogP contribution < -0.4 is 16.9 Å². The first kappa shape index (κ1) is 19.4. The van der Waals surface area contributed by atoms with E-state index in [1.165, 1.54) is 35.2 Å². The van der Waals surface area contributed by atoms with Gasteiger partial charge in [0.1, 0.15) is 0 Å². The van der Waals surface area contributed by atoms with Crippen molar-refractivity contribution in [2.24, 2.45) is 16.5 Å². The molecule has 0 aliphatic rings. The third kappa shape index (κ3) is 4.37. The highest BCUT2D eigenvalue weighted by molar-refractivity contribution is 7.90. The normalized spacial score (nSPS) is 11.2. The third-order valence-electron chi connectivity index (χ3n) is 3.64. The first-order chi connectivity index (χ1) is 12.1. The van der Waals surface area contributed by atoms with Gasteiger partial charge in [-0.3, -0.25) is 9.59 Å². The van der Waals surface area contributed by atoms with E-state index in [1.807, 2.05) is 6.92 Å². The Morgan fingerprint density at radius 2 is 1.81 bits per heavy atom. The van der Waals surface area contributed by atoms with E-state index in [0.717, 1.165) is 12.7 Å². The Balaban J connectivity index is 2.81. The molecular formula is C17H20N4O4S. The lowest BCUT2D eigenvalue weighted by Crippen LogP contribution is -2.24. The number of aromatic nitrogens is 1. The molecule has 2 rings (SSSR count). The molecule has 0 fully saturated rings. The summed E-state index contributed by atoms with van der Waals surface area (Å²) < 4.78 is 26.1. The molecule has 0 aliphatic heterocycles. The Morgan fingerprint density at radius 1 is 1.19 bits per heavy atom. The van der Waals surface area contributed by atoms with Gasteiger partial charge in [-0.2, -0.15) is 4.99 Å². The Labute approximate surface area is 151 Å². The van der Waals surface area contributed by atoms with Crippen LogP contribution in [0, 0.1) is 0 Å². The Morgan fingerprint density at radius 3 is 2.31 bits per heavy atom. The number of rotatable bonds is 5. The van der Waals surface area contributed by atoms with Gasteiger partial charge in [0.15, 0.2) is 21.2 Å². The number of carbonyl (C=O) groups is 1. The lowest BCUT2D eigenvalue weighted by molar-refractivity contribution is 0.100. The number of nitrogens with zero attached hydrogens (tertiary/aromatic N) is 2. The van der Waals surface area contributed by atoms with Crippen LogP contribution in [0.1, 0.15) is 29.3 Å². The molecule has 0 unspecified atom stereocenters. The van der Waals surface area contributed by atoms with Crippen LogP contribution in [0.25, 0.3) is 5.69 Å². The first-order valence-electron chi connectivity index (χ1n) is 7.83. The summed E-state index contributed by atoms with van der Waals surface area (Å²) >= 11 is 0. The van der Waals surface area contributed by atoms with Crippen LogP contribution >= 0.6 is 0 Å². The van der Waals surface area contributed by atoms with Gasteiger partial charge in [-0.25, -0.2) is 8.42 Å². The first-order valence-corrected chi connectivity index (χ1v) is 9.72. The minimum absolute atomic E-state index is 0.0601. The molecule has 138 valence electrons. The second-order valence-corrected chi connectivity index (χ2v) is 7.77. The molecule has 1 aromatic carbocycles. The summed E-state index contributed by atoms with van der Waals surface area (Å²) in [6.45, 7) is 1.93. The molecule has 0 atom stereocenters. The Hall–Kier alpha value is -2.94. The van der Waals surface area contributed by atoms with E-state index in [1.54, 1.807) is 6.07 Å². The summed E-state index contributed by atoms with van der Waals surface area (Å²) in [5.74, 6) is -1.10. The lowest BCUT2D eigenvalue weighted by Gasteiger charge is -2.16. The molecule has 1 aromatic heterocycles. The molecule has 8 nitrogen and oxygen atoms in total. The molecule has 0 spiro atoms. The smallest absolute Gasteiger partial charge is 0.280 e. The van der Waals surface area contributed by atoms with Crippen LogP contribution in [0.4, 0.5) is 0 Å². The van der Waals surface area contributed by atoms with Gasteiger partial charge in [-0.05, 0) is 24.1 Å². The number of pyridine rings is 1. The second-order valence-electron chi connectivity index (χ2n) is 5.78. The number of guanidine groups is 1. The Bertz CT molecular complexity index is 1010. The SMILES string of the molecule is CCCc1cc(-n2ccc(=O)cc2)c(S(C)(=O)=O)cc1C(=O)N=C(N)N. The minimum Gasteiger partial charge on any atom is -0.370 e. The van der Waals surface area contributed by atoms with Gasteiger partial charge >= 0.3 is 0 Å². The van der Waals surface area contributed by atoms with E-state index >= 15 is 0 Å². The maximum absolute atomic E-state index is 12.3. The van der Waals surface area contributed by atoms with Crippen molar-refractivity contribution >= 4 is 21.7 Å². The predicted octanol–water partition coefficient (Wildman–Crippen LogP) is 0.607. The molecule has 9 heteroatoms. The summed E-state index contributed by atoms with van der Waals surface area (Å²) in [4.78, 5) is 27.1. The molecule has 0 saturated heterocycles. The van der Waals surface area contributed by atoms with Gasteiger partial charge < -0.3 is 16.0 Å². The largest absolute Gasteiger partial charge is 0.370 e. The van der Waals surface area contributed by atoms with Gasteiger partial charge in [0.05, 0.1) is 10.6 Å². The van der Waals surface area contributed by atoms with E-state index < -0.39 is 21.7 Å². The summed E-state index contributed by atoms with van der Waals surface area (Å²) in [5.41, 5.74) is 11.4. The average Bonchev–Trinajstić information content (AvgIpc) is 2.53. The van der Waals surface area contributed by atoms with E-state index in [0.29, 0.717) is 17.7 Å². The summed E-state index contributed by atoms with van der Waals surface area (Å²) in [6, 6.07) is 5.54. The standard InChI is InChI=1S/C17H20N4O4S/c1-3-4-11-9-14(21-7-5-12(22)6-8-21)15(26(2,24)25)10-13(11)16(23)20-17(18)19/h5-10H,3-4H2,1-2H3,(H4,18,19,20,23). The zero-order valence-corrected chi connectivity index (χ0v) is 15.3. The summed E-state index contributed by atoms with van der Waals surface area (Å²) in [5, 5.41) is 0. The van der Waals surface area contributed by atoms with Crippen molar-refractivity contribution in [1.82, 2.24) is 4.57 Å². The molecule has 26 heavy (non-hydrogen) atoms. The highest BCUT2D eigenvalue weighted by atomic mass is 32.2. The number of sulfone groups is 1. The molecule has 0 saturated carbocycles. The maximum atomic E-state index is 12.3. The molecule has 2 aromatic rings. The van der Waals surface area contributed by atoms with Crippen LogP contribution in [0.2, 0.25) is 0 Å². The number of hydrogen-bond acceptors (Lipinski definition) is 4. The van der Waals surface area contributed by atoms with Crippen molar-refractivity contribution in [3.63, 3.8) is 0 Å². The highest BCUT2D eigenvalue weighted by Gasteiger charge is 2.21. The number of nitrogens with two attached hydrogens (primary N) is 2. The fraction of sp³-hybridized carbons (Fsp3) is 0.235. The Kier molecular flexibility index (Phi) is 5.61. The highest BCUT2D eigenvalue weighted by Crippen LogP contribution is 2.26. The predicted molar refractivity (Wildman–Crippen MR) is 99.3 cm³/mol. The molecule has 0 aliphatic carbocycles. The van der Waals surface area contributed by atoms with Gasteiger partial charge in [-0.15, -0.1) is 0 Å². The topological polar surface area (TPSA) is 138 Å². The van der Waals surface area contributed by atoms with Gasteiger partial charge in [-0.1, -0.05) is 13.3 Å². The quantitative estimate of drug-likeness (QED) is 0.579. The van der Waals surface area contributed by atoms with Crippen LogP contribution in [0.5, 0.6) is 0 Å². The average molecular weight is 376 g/mol. The van der Waals surface area contributed by atoms with Gasteiger partial charge in [0, 0.05) is 36.3 Å². The minimum atomic E-state index is -3.67. The van der Waals surface area contributed by atoms with Crippen molar-refractivity contribution < 1.29 is 13.2 Å². The van der Waals surface area contributed by atoms with Crippen LogP contribution in [-0.4, -0.2) is 31.1 Å². The maximum Gasteiger partial charge on any atom is 0.280 e. The fourth-order valence-corrected chi connectivity index (χ4v) is 3.41. The van der Waals surface area contributed by atoms with E-state index in [-0.39, 0.29) is 15.9 Å². The van der Waals surface area contributed by atoms with Crippen LogP contribution in [0.15, 0.2) is 51.3 Å². The van der Waals surface area contributed by atoms with Crippen molar-refractivity contribution in [2.45, 2.75) is 24.7 Å². The zero-order valence-electron chi connectivity index (χ0n) is 14.5. The number of amides is 1. The van der Waals surface area contributed by atoms with Crippen molar-refractivity contribution in [2.75, 3.05) is 6.26 Å². The lowest BCUT2D eigenvalue weighted by atomic mass is 10.0. The molecule has 0 radical (unpaired) electrons. The fourth-order valence-electron chi connectivity index (χ4n) is 2.54. The molecular weight excluding hydrogens is 356 g/mol. The molecule has 4 N–H and O–H groups in total. The number of aliphatic imine (C=N–C) groups is 1. The van der Waals surface area contributed by atoms with Crippen molar-refractivity contribution in [3.8, 4) is 5.69 Å². The summed E-state index contributed by atoms with van der Waals surface area (Å²) in [7, 11) is -3.67. The van der Waals surface area contributed by atoms with Crippen LogP contribution in [0.3, 0.4) is 0 Å². The number of carbonyl (C=O) groups excluding carboxylic acids is 1. The third-order valence-corrected chi connectivity index (χ3v) is 4.77. The van der Waals surface area contributed by atoms with Crippen molar-refractivity contribution in [1.29, 1.82) is 0 Å². The van der Waals surface area contributed by atoms with E-state index in [9.17, 15) is 18.0 Å². The van der Waals surface area contributed by atoms with Gasteiger partial charge in [0.25, 0.3) is 5.91 Å². The van der Waals surface area contributed by atoms with Gasteiger partial charge in [0.2, 0.25) is 0 Å². The zero-order chi connectivity index (χ0) is 19.5. The monoisotopic (exact) mass is 376 g/mol. The van der Waals surface area contributed by atoms with E-state index in [4.69, 9.17) is 11.5 Å². The van der Waals surface area contributed by atoms with E-state index in [2.05, 4.69) is 4.99 Å². The number of benzene rings is 1. The molecule has 1 amide bonds.